The number of likely N-dealkylation sites (tertiary alicyclic amines) is 1. The summed E-state index contributed by atoms with van der Waals surface area (Å²) in [5.74, 6) is -0.899. The summed E-state index contributed by atoms with van der Waals surface area (Å²) in [4.78, 5) is 28.7. The van der Waals surface area contributed by atoms with Crippen LogP contribution in [0.5, 0.6) is 0 Å². The molecular formula is C39H47FN4O5S. The van der Waals surface area contributed by atoms with Crippen LogP contribution in [0.1, 0.15) is 95.9 Å². The number of anilines is 1. The van der Waals surface area contributed by atoms with E-state index in [9.17, 15) is 24.2 Å². The molecule has 0 spiro atoms. The third-order valence-electron chi connectivity index (χ3n) is 9.23. The van der Waals surface area contributed by atoms with Crippen LogP contribution >= 0.6 is 0 Å². The van der Waals surface area contributed by atoms with Gasteiger partial charge >= 0.3 is 6.09 Å². The van der Waals surface area contributed by atoms with Gasteiger partial charge in [0.2, 0.25) is 5.91 Å². The number of carbonyl (C=O) groups is 2. The van der Waals surface area contributed by atoms with Crippen LogP contribution < -0.4 is 10.0 Å². The van der Waals surface area contributed by atoms with Gasteiger partial charge in [-0.2, -0.15) is 5.26 Å². The molecule has 3 aromatic carbocycles. The van der Waals surface area contributed by atoms with E-state index in [-0.39, 0.29) is 18.7 Å². The molecule has 4 atom stereocenters. The lowest BCUT2D eigenvalue weighted by Gasteiger charge is -2.38. The fraction of sp³-hybridized carbons (Fsp3) is 0.462. The fourth-order valence-corrected chi connectivity index (χ4v) is 7.27. The summed E-state index contributed by atoms with van der Waals surface area (Å²) in [7, 11) is -1.58. The van der Waals surface area contributed by atoms with Crippen molar-refractivity contribution < 1.29 is 28.0 Å². The van der Waals surface area contributed by atoms with E-state index >= 15 is 4.39 Å². The highest BCUT2D eigenvalue weighted by Crippen LogP contribution is 2.43. The molecule has 0 radical (unpaired) electrons. The summed E-state index contributed by atoms with van der Waals surface area (Å²) >= 11 is 0. The van der Waals surface area contributed by atoms with Gasteiger partial charge < -0.3 is 15.2 Å². The predicted molar refractivity (Wildman–Crippen MR) is 192 cm³/mol. The zero-order valence-corrected chi connectivity index (χ0v) is 30.4. The maximum absolute atomic E-state index is 15.7. The number of aliphatic hydroxyl groups is 1. The molecule has 1 aliphatic carbocycles. The van der Waals surface area contributed by atoms with Crippen molar-refractivity contribution in [2.45, 2.75) is 101 Å². The number of nitrogens with one attached hydrogen (secondary N) is 2. The van der Waals surface area contributed by atoms with Gasteiger partial charge in [-0.1, -0.05) is 61.4 Å². The van der Waals surface area contributed by atoms with Gasteiger partial charge in [0.05, 0.1) is 45.1 Å². The Balaban J connectivity index is 1.55. The largest absolute Gasteiger partial charge is 0.444 e. The van der Waals surface area contributed by atoms with E-state index in [1.807, 2.05) is 26.8 Å². The molecule has 0 aromatic heterocycles. The molecule has 11 heteroatoms. The number of rotatable bonds is 10. The summed E-state index contributed by atoms with van der Waals surface area (Å²) in [5, 5.41) is 24.2. The lowest BCUT2D eigenvalue weighted by atomic mass is 9.79. The van der Waals surface area contributed by atoms with E-state index in [0.29, 0.717) is 34.6 Å². The number of benzene rings is 3. The molecule has 1 heterocycles. The van der Waals surface area contributed by atoms with E-state index in [1.165, 1.54) is 17.0 Å². The first-order valence-corrected chi connectivity index (χ1v) is 18.2. The smallest absolute Gasteiger partial charge is 0.411 e. The molecule has 9 nitrogen and oxygen atoms in total. The average molecular weight is 703 g/mol. The number of nitriles is 1. The summed E-state index contributed by atoms with van der Waals surface area (Å²) in [6, 6.07) is 21.3. The fourth-order valence-electron chi connectivity index (χ4n) is 6.31. The Labute approximate surface area is 296 Å². The maximum atomic E-state index is 15.7. The zero-order valence-electron chi connectivity index (χ0n) is 29.6. The standard InChI is InChI=1S/C39H47FN4O5S/c1-36(2,3)49-35(46)44-25-38(47,28-12-8-7-9-13-28)23-33(44)34(45)42-32-22-30(17-18-31(32)40)39(20-19-26-15-16-26,43-50(48)37(4,5)6)29-14-10-11-27(21-29)24-41/h7-14,17-18,21-22,26,33,43,47H,15-16,19-20,23,25H2,1-6H3,(H,42,45). The van der Waals surface area contributed by atoms with Crippen molar-refractivity contribution in [1.29, 1.82) is 5.26 Å². The van der Waals surface area contributed by atoms with Crippen molar-refractivity contribution in [2.75, 3.05) is 11.9 Å². The minimum atomic E-state index is -1.58. The topological polar surface area (TPSA) is 132 Å². The quantitative estimate of drug-likeness (QED) is 0.208. The molecule has 3 N–H and O–H groups in total. The molecule has 3 aromatic rings. The molecule has 1 saturated heterocycles. The molecule has 0 bridgehead atoms. The van der Waals surface area contributed by atoms with Crippen LogP contribution in [0.15, 0.2) is 72.8 Å². The number of ether oxygens (including phenoxy) is 1. The van der Waals surface area contributed by atoms with Gasteiger partial charge in [-0.25, -0.2) is 18.1 Å². The summed E-state index contributed by atoms with van der Waals surface area (Å²) in [5.41, 5.74) is -1.45. The van der Waals surface area contributed by atoms with E-state index < -0.39 is 56.3 Å². The summed E-state index contributed by atoms with van der Waals surface area (Å²) < 4.78 is 37.9. The number of β-amino-alcohol motifs (C(OH)–C–C–N with tert-alkyl or cyclic N) is 1. The van der Waals surface area contributed by atoms with Crippen LogP contribution in [0.4, 0.5) is 14.9 Å². The van der Waals surface area contributed by atoms with Gasteiger partial charge in [0.1, 0.15) is 23.1 Å². The summed E-state index contributed by atoms with van der Waals surface area (Å²) in [6.45, 7) is 10.5. The second-order valence-corrected chi connectivity index (χ2v) is 17.4. The highest BCUT2D eigenvalue weighted by molar-refractivity contribution is 7.84. The Hall–Kier alpha value is -4.11. The number of carbonyl (C=O) groups excluding carboxylic acids is 2. The van der Waals surface area contributed by atoms with E-state index in [1.54, 1.807) is 75.4 Å². The lowest BCUT2D eigenvalue weighted by Crippen LogP contribution is -2.49. The van der Waals surface area contributed by atoms with Gasteiger partial charge in [-0.15, -0.1) is 0 Å². The Morgan fingerprint density at radius 3 is 2.32 bits per heavy atom. The van der Waals surface area contributed by atoms with Crippen LogP contribution in [-0.2, 0) is 31.7 Å². The lowest BCUT2D eigenvalue weighted by molar-refractivity contribution is -0.120. The minimum Gasteiger partial charge on any atom is -0.444 e. The molecule has 2 aliphatic rings. The Morgan fingerprint density at radius 2 is 1.70 bits per heavy atom. The molecule has 1 aliphatic heterocycles. The number of hydrogen-bond donors (Lipinski definition) is 3. The van der Waals surface area contributed by atoms with Gasteiger partial charge in [0.25, 0.3) is 0 Å². The van der Waals surface area contributed by atoms with Crippen LogP contribution in [-0.4, -0.2) is 49.2 Å². The monoisotopic (exact) mass is 702 g/mol. The van der Waals surface area contributed by atoms with Gasteiger partial charge in [0, 0.05) is 6.42 Å². The van der Waals surface area contributed by atoms with E-state index in [4.69, 9.17) is 4.74 Å². The van der Waals surface area contributed by atoms with Crippen molar-refractivity contribution in [2.24, 2.45) is 5.92 Å². The molecule has 266 valence electrons. The van der Waals surface area contributed by atoms with Gasteiger partial charge in [-0.05, 0) is 101 Å². The predicted octanol–water partition coefficient (Wildman–Crippen LogP) is 7.02. The van der Waals surface area contributed by atoms with Crippen LogP contribution in [0.25, 0.3) is 0 Å². The molecule has 2 fully saturated rings. The van der Waals surface area contributed by atoms with Crippen LogP contribution in [0.3, 0.4) is 0 Å². The third-order valence-corrected chi connectivity index (χ3v) is 10.9. The number of hydrogen-bond acceptors (Lipinski definition) is 6. The summed E-state index contributed by atoms with van der Waals surface area (Å²) in [6.07, 6.45) is 2.58. The molecular weight excluding hydrogens is 656 g/mol. The molecule has 5 rings (SSSR count). The second kappa shape index (κ2) is 14.3. The SMILES string of the molecule is CC(C)(C)OC(=O)N1CC(O)(c2ccccc2)CC1C(=O)Nc1cc(C(CCC2CC2)(NS(=O)C(C)(C)C)c2cccc(C#N)c2)ccc1F. The highest BCUT2D eigenvalue weighted by atomic mass is 32.2. The van der Waals surface area contributed by atoms with Crippen molar-refractivity contribution in [3.8, 4) is 6.07 Å². The van der Waals surface area contributed by atoms with Crippen molar-refractivity contribution >= 4 is 28.7 Å². The highest BCUT2D eigenvalue weighted by Gasteiger charge is 2.50. The first-order valence-electron chi connectivity index (χ1n) is 17.0. The van der Waals surface area contributed by atoms with E-state index in [0.717, 1.165) is 19.3 Å². The Morgan fingerprint density at radius 1 is 1.02 bits per heavy atom. The Bertz CT molecular complexity index is 1800. The number of halogens is 1. The van der Waals surface area contributed by atoms with Crippen molar-refractivity contribution in [3.05, 3.63) is 101 Å². The Kier molecular flexibility index (Phi) is 10.6. The van der Waals surface area contributed by atoms with E-state index in [2.05, 4.69) is 16.1 Å². The zero-order chi connectivity index (χ0) is 36.5. The average Bonchev–Trinajstić information content (AvgIpc) is 3.82. The van der Waals surface area contributed by atoms with Crippen molar-refractivity contribution in [3.63, 3.8) is 0 Å². The minimum absolute atomic E-state index is 0.137. The van der Waals surface area contributed by atoms with Crippen LogP contribution in [0.2, 0.25) is 0 Å². The first-order chi connectivity index (χ1) is 23.4. The maximum Gasteiger partial charge on any atom is 0.411 e. The molecule has 2 amide bonds. The second-order valence-electron chi connectivity index (χ2n) is 15.5. The number of amides is 2. The first kappa shape index (κ1) is 37.2. The molecule has 1 saturated carbocycles. The third kappa shape index (κ3) is 8.43. The van der Waals surface area contributed by atoms with Gasteiger partial charge in [0.15, 0.2) is 0 Å². The van der Waals surface area contributed by atoms with Crippen LogP contribution in [0, 0.1) is 23.1 Å². The molecule has 4 unspecified atom stereocenters. The molecule has 50 heavy (non-hydrogen) atoms. The number of nitrogens with zero attached hydrogens (tertiary/aromatic N) is 2. The van der Waals surface area contributed by atoms with Crippen molar-refractivity contribution in [1.82, 2.24) is 9.62 Å². The normalized spacial score (nSPS) is 21.2. The van der Waals surface area contributed by atoms with Gasteiger partial charge in [-0.3, -0.25) is 9.69 Å².